The van der Waals surface area contributed by atoms with Gasteiger partial charge in [0.1, 0.15) is 0 Å². The van der Waals surface area contributed by atoms with Crippen molar-refractivity contribution in [3.05, 3.63) is 108 Å². The summed E-state index contributed by atoms with van der Waals surface area (Å²) < 4.78 is 5.62. The van der Waals surface area contributed by atoms with Crippen molar-refractivity contribution in [2.45, 2.75) is 17.9 Å². The Bertz CT molecular complexity index is 904. The monoisotopic (exact) mass is 342 g/mol. The molecule has 3 atom stereocenters. The number of rotatable bonds is 4. The van der Waals surface area contributed by atoms with Crippen molar-refractivity contribution in [3.8, 4) is 0 Å². The van der Waals surface area contributed by atoms with Crippen LogP contribution in [0.3, 0.4) is 0 Å². The van der Waals surface area contributed by atoms with Gasteiger partial charge in [-0.1, -0.05) is 91.0 Å². The number of hydrogen-bond acceptors (Lipinski definition) is 3. The average Bonchev–Trinajstić information content (AvgIpc) is 3.06. The highest BCUT2D eigenvalue weighted by atomic mass is 16.6. The van der Waals surface area contributed by atoms with E-state index in [1.165, 1.54) is 0 Å². The van der Waals surface area contributed by atoms with Gasteiger partial charge in [-0.25, -0.2) is 0 Å². The molecule has 4 rings (SSSR count). The van der Waals surface area contributed by atoms with Crippen molar-refractivity contribution >= 4 is 11.8 Å². The molecule has 3 aromatic carbocycles. The summed E-state index contributed by atoms with van der Waals surface area (Å²) in [7, 11) is 0. The zero-order valence-corrected chi connectivity index (χ0v) is 14.1. The van der Waals surface area contributed by atoms with Gasteiger partial charge in [0.05, 0.1) is 5.92 Å². The Labute approximate surface area is 152 Å². The maximum atomic E-state index is 13.1. The average molecular weight is 342 g/mol. The molecular weight excluding hydrogens is 324 g/mol. The molecule has 0 spiro atoms. The summed E-state index contributed by atoms with van der Waals surface area (Å²) in [6.45, 7) is 0. The molecule has 0 aliphatic carbocycles. The third-order valence-corrected chi connectivity index (χ3v) is 4.84. The molecule has 3 heteroatoms. The van der Waals surface area contributed by atoms with E-state index in [0.29, 0.717) is 5.56 Å². The lowest BCUT2D eigenvalue weighted by atomic mass is 9.78. The fourth-order valence-corrected chi connectivity index (χ4v) is 3.62. The predicted octanol–water partition coefficient (Wildman–Crippen LogP) is 4.36. The molecule has 1 fully saturated rings. The number of carbonyl (C=O) groups is 2. The molecule has 0 unspecified atom stereocenters. The maximum Gasteiger partial charge on any atom is 0.314 e. The summed E-state index contributed by atoms with van der Waals surface area (Å²) in [5.41, 5.74) is 2.36. The van der Waals surface area contributed by atoms with Crippen molar-refractivity contribution in [3.63, 3.8) is 0 Å². The summed E-state index contributed by atoms with van der Waals surface area (Å²) in [6, 6.07) is 28.2. The number of hydrogen-bond donors (Lipinski definition) is 0. The number of cyclic esters (lactones) is 1. The number of ketones is 1. The van der Waals surface area contributed by atoms with Gasteiger partial charge in [-0.2, -0.15) is 0 Å². The first kappa shape index (κ1) is 16.3. The van der Waals surface area contributed by atoms with Gasteiger partial charge >= 0.3 is 5.97 Å². The molecule has 1 aliphatic rings. The second-order valence-corrected chi connectivity index (χ2v) is 6.41. The van der Waals surface area contributed by atoms with Crippen LogP contribution in [0.25, 0.3) is 0 Å². The molecule has 1 heterocycles. The first-order valence-electron chi connectivity index (χ1n) is 8.65. The van der Waals surface area contributed by atoms with Crippen LogP contribution >= 0.6 is 0 Å². The van der Waals surface area contributed by atoms with Crippen LogP contribution in [0.4, 0.5) is 0 Å². The molecule has 0 bridgehead atoms. The van der Waals surface area contributed by atoms with E-state index in [-0.39, 0.29) is 17.7 Å². The van der Waals surface area contributed by atoms with Crippen LogP contribution in [0.15, 0.2) is 91.0 Å². The van der Waals surface area contributed by atoms with Gasteiger partial charge in [0, 0.05) is 11.5 Å². The Balaban J connectivity index is 1.79. The zero-order chi connectivity index (χ0) is 17.9. The molecule has 0 saturated carbocycles. The summed E-state index contributed by atoms with van der Waals surface area (Å²) in [5, 5.41) is 0. The highest BCUT2D eigenvalue weighted by Gasteiger charge is 2.49. The molecule has 1 aliphatic heterocycles. The van der Waals surface area contributed by atoms with Crippen LogP contribution in [0.1, 0.15) is 33.3 Å². The highest BCUT2D eigenvalue weighted by Crippen LogP contribution is 2.44. The summed E-state index contributed by atoms with van der Waals surface area (Å²) >= 11 is 0. The van der Waals surface area contributed by atoms with Crippen LogP contribution in [-0.2, 0) is 9.53 Å². The summed E-state index contributed by atoms with van der Waals surface area (Å²) in [6.07, 6.45) is -0.822. The zero-order valence-electron chi connectivity index (χ0n) is 14.1. The Morgan fingerprint density at radius 2 is 1.19 bits per heavy atom. The molecule has 3 aromatic rings. The smallest absolute Gasteiger partial charge is 0.314 e. The second kappa shape index (κ2) is 6.96. The van der Waals surface area contributed by atoms with Crippen LogP contribution in [0, 0.1) is 0 Å². The number of Topliss-reactive ketones (excluding diaryl/α,β-unsaturated/α-hetero) is 1. The molecule has 0 N–H and O–H groups in total. The topological polar surface area (TPSA) is 43.4 Å². The lowest BCUT2D eigenvalue weighted by molar-refractivity contribution is -0.141. The third-order valence-electron chi connectivity index (χ3n) is 4.84. The minimum absolute atomic E-state index is 0.161. The molecule has 0 amide bonds. The molecule has 0 aromatic heterocycles. The molecular formula is C23H18O3. The van der Waals surface area contributed by atoms with E-state index in [9.17, 15) is 9.59 Å². The molecule has 1 saturated heterocycles. The van der Waals surface area contributed by atoms with Crippen LogP contribution in [-0.4, -0.2) is 17.9 Å². The van der Waals surface area contributed by atoms with Crippen LogP contribution < -0.4 is 0 Å². The minimum Gasteiger partial charge on any atom is -0.453 e. The highest BCUT2D eigenvalue weighted by molar-refractivity contribution is 6.03. The van der Waals surface area contributed by atoms with Gasteiger partial charge in [-0.05, 0) is 11.1 Å². The van der Waals surface area contributed by atoms with Crippen molar-refractivity contribution in [1.82, 2.24) is 0 Å². The van der Waals surface area contributed by atoms with E-state index >= 15 is 0 Å². The Hall–Kier alpha value is -3.20. The van der Waals surface area contributed by atoms with E-state index in [0.717, 1.165) is 11.1 Å². The lowest BCUT2D eigenvalue weighted by Crippen LogP contribution is -2.27. The maximum absolute atomic E-state index is 13.1. The third kappa shape index (κ3) is 2.92. The quantitative estimate of drug-likeness (QED) is 0.522. The molecule has 128 valence electrons. The van der Waals surface area contributed by atoms with Crippen LogP contribution in [0.5, 0.6) is 0 Å². The Kier molecular flexibility index (Phi) is 4.36. The van der Waals surface area contributed by atoms with Crippen molar-refractivity contribution < 1.29 is 14.3 Å². The van der Waals surface area contributed by atoms with E-state index in [1.54, 1.807) is 12.1 Å². The first-order valence-corrected chi connectivity index (χ1v) is 8.65. The first-order chi connectivity index (χ1) is 12.8. The standard InChI is InChI=1S/C23H18O3/c24-21(18-14-8-3-9-15-18)22-19(16-10-4-1-5-11-16)20(23(25)26-22)17-12-6-2-7-13-17/h1-15,19-20,22H/t19-,20-,22-/m0/s1. The fourth-order valence-electron chi connectivity index (χ4n) is 3.62. The number of esters is 1. The summed E-state index contributed by atoms with van der Waals surface area (Å²) in [4.78, 5) is 25.8. The number of benzene rings is 3. The van der Waals surface area contributed by atoms with E-state index in [1.807, 2.05) is 78.9 Å². The Morgan fingerprint density at radius 3 is 1.77 bits per heavy atom. The fraction of sp³-hybridized carbons (Fsp3) is 0.130. The largest absolute Gasteiger partial charge is 0.453 e. The van der Waals surface area contributed by atoms with Crippen molar-refractivity contribution in [1.29, 1.82) is 0 Å². The molecule has 26 heavy (non-hydrogen) atoms. The minimum atomic E-state index is -0.822. The number of ether oxygens (including phenoxy) is 1. The van der Waals surface area contributed by atoms with Gasteiger partial charge in [0.25, 0.3) is 0 Å². The lowest BCUT2D eigenvalue weighted by Gasteiger charge is -2.21. The second-order valence-electron chi connectivity index (χ2n) is 6.41. The summed E-state index contributed by atoms with van der Waals surface area (Å²) in [5.74, 6) is -1.35. The SMILES string of the molecule is O=C(c1ccccc1)[C@H]1OC(=O)[C@@H](c2ccccc2)[C@@H]1c1ccccc1. The van der Waals surface area contributed by atoms with Crippen LogP contribution in [0.2, 0.25) is 0 Å². The predicted molar refractivity (Wildman–Crippen MR) is 99.0 cm³/mol. The van der Waals surface area contributed by atoms with E-state index < -0.39 is 12.0 Å². The van der Waals surface area contributed by atoms with Gasteiger partial charge in [0.15, 0.2) is 6.10 Å². The molecule has 0 radical (unpaired) electrons. The van der Waals surface area contributed by atoms with E-state index in [2.05, 4.69) is 0 Å². The normalized spacial score (nSPS) is 22.0. The van der Waals surface area contributed by atoms with Crippen molar-refractivity contribution in [2.75, 3.05) is 0 Å². The Morgan fingerprint density at radius 1 is 0.692 bits per heavy atom. The van der Waals surface area contributed by atoms with E-state index in [4.69, 9.17) is 4.74 Å². The van der Waals surface area contributed by atoms with Crippen molar-refractivity contribution in [2.24, 2.45) is 0 Å². The van der Waals surface area contributed by atoms with Gasteiger partial charge in [-0.3, -0.25) is 9.59 Å². The number of carbonyl (C=O) groups excluding carboxylic acids is 2. The van der Waals surface area contributed by atoms with Gasteiger partial charge in [0.2, 0.25) is 5.78 Å². The molecule has 3 nitrogen and oxygen atoms in total. The van der Waals surface area contributed by atoms with Gasteiger partial charge < -0.3 is 4.74 Å². The van der Waals surface area contributed by atoms with Gasteiger partial charge in [-0.15, -0.1) is 0 Å².